The summed E-state index contributed by atoms with van der Waals surface area (Å²) in [6.07, 6.45) is 0. The number of amides is 1. The highest BCUT2D eigenvalue weighted by atomic mass is 16.5. The number of nitrogens with zero attached hydrogens (tertiary/aromatic N) is 4. The van der Waals surface area contributed by atoms with E-state index in [2.05, 4.69) is 15.4 Å². The first-order chi connectivity index (χ1) is 14.9. The van der Waals surface area contributed by atoms with Crippen molar-refractivity contribution < 1.29 is 9.53 Å². The van der Waals surface area contributed by atoms with Gasteiger partial charge in [0.1, 0.15) is 18.1 Å². The lowest BCUT2D eigenvalue weighted by Gasteiger charge is -2.10. The van der Waals surface area contributed by atoms with Crippen LogP contribution in [0.25, 0.3) is 16.9 Å². The lowest BCUT2D eigenvalue weighted by atomic mass is 10.1. The molecule has 31 heavy (non-hydrogen) atoms. The van der Waals surface area contributed by atoms with Crippen LogP contribution in [0.15, 0.2) is 53.3 Å². The van der Waals surface area contributed by atoms with Crippen LogP contribution in [0.4, 0.5) is 5.69 Å². The van der Waals surface area contributed by atoms with Crippen molar-refractivity contribution in [2.45, 2.75) is 27.3 Å². The molecule has 0 radical (unpaired) electrons. The maximum atomic E-state index is 12.8. The van der Waals surface area contributed by atoms with Gasteiger partial charge in [-0.3, -0.25) is 4.79 Å². The molecule has 4 aromatic rings. The smallest absolute Gasteiger partial charge is 0.352 e. The molecule has 2 aromatic carbocycles. The molecule has 0 aliphatic heterocycles. The van der Waals surface area contributed by atoms with E-state index in [1.54, 1.807) is 20.1 Å². The fourth-order valence-corrected chi connectivity index (χ4v) is 3.54. The van der Waals surface area contributed by atoms with Crippen LogP contribution in [0.2, 0.25) is 0 Å². The highest BCUT2D eigenvalue weighted by molar-refractivity contribution is 5.92. The number of hydrogen-bond donors (Lipinski definition) is 1. The van der Waals surface area contributed by atoms with Crippen molar-refractivity contribution >= 4 is 17.2 Å². The first kappa shape index (κ1) is 20.3. The van der Waals surface area contributed by atoms with Gasteiger partial charge >= 0.3 is 5.69 Å². The van der Waals surface area contributed by atoms with Crippen LogP contribution >= 0.6 is 0 Å². The van der Waals surface area contributed by atoms with Gasteiger partial charge in [-0.1, -0.05) is 18.2 Å². The molecule has 0 bridgehead atoms. The Balaban J connectivity index is 1.65. The van der Waals surface area contributed by atoms with Crippen LogP contribution in [0.3, 0.4) is 0 Å². The second-order valence-corrected chi connectivity index (χ2v) is 7.37. The van der Waals surface area contributed by atoms with Gasteiger partial charge in [-0.05, 0) is 56.2 Å². The third-order valence-corrected chi connectivity index (χ3v) is 5.16. The van der Waals surface area contributed by atoms with Crippen LogP contribution in [-0.4, -0.2) is 32.2 Å². The zero-order valence-corrected chi connectivity index (χ0v) is 17.8. The summed E-state index contributed by atoms with van der Waals surface area (Å²) in [6.45, 7) is 5.40. The molecular weight excluding hydrogens is 394 g/mol. The predicted octanol–water partition coefficient (Wildman–Crippen LogP) is 3.13. The molecule has 0 aliphatic rings. The highest BCUT2D eigenvalue weighted by Crippen LogP contribution is 2.22. The molecule has 0 unspecified atom stereocenters. The Labute approximate surface area is 179 Å². The first-order valence-electron chi connectivity index (χ1n) is 9.85. The Bertz CT molecular complexity index is 1320. The third kappa shape index (κ3) is 3.92. The van der Waals surface area contributed by atoms with Crippen LogP contribution < -0.4 is 15.7 Å². The van der Waals surface area contributed by atoms with E-state index in [1.165, 1.54) is 4.40 Å². The Kier molecular flexibility index (Phi) is 5.29. The van der Waals surface area contributed by atoms with Gasteiger partial charge in [0, 0.05) is 17.3 Å². The summed E-state index contributed by atoms with van der Waals surface area (Å²) in [5, 5.41) is 7.25. The van der Waals surface area contributed by atoms with Gasteiger partial charge in [0.15, 0.2) is 5.65 Å². The maximum Gasteiger partial charge on any atom is 0.352 e. The number of anilines is 1. The molecule has 1 N–H and O–H groups in total. The van der Waals surface area contributed by atoms with Gasteiger partial charge in [0.05, 0.1) is 12.8 Å². The standard InChI is InChI=1S/C23H23N5O3/c1-14-6-5-7-15(2)22(14)25-21(29)13-27-23(30)28-16(3)24-19(12-20(28)26-27)17-8-10-18(31-4)11-9-17/h5-12H,13H2,1-4H3,(H,25,29). The van der Waals surface area contributed by atoms with Gasteiger partial charge in [-0.15, -0.1) is 5.10 Å². The van der Waals surface area contributed by atoms with Gasteiger partial charge in [-0.25, -0.2) is 18.9 Å². The Morgan fingerprint density at radius 3 is 2.39 bits per heavy atom. The van der Waals surface area contributed by atoms with Crippen molar-refractivity contribution in [3.63, 3.8) is 0 Å². The molecule has 0 fully saturated rings. The van der Waals surface area contributed by atoms with E-state index >= 15 is 0 Å². The van der Waals surface area contributed by atoms with Gasteiger partial charge in [0.2, 0.25) is 5.91 Å². The van der Waals surface area contributed by atoms with Crippen molar-refractivity contribution in [1.82, 2.24) is 19.2 Å². The monoisotopic (exact) mass is 417 g/mol. The number of para-hydroxylation sites is 1. The number of carbonyl (C=O) groups is 1. The van der Waals surface area contributed by atoms with E-state index in [-0.39, 0.29) is 12.5 Å². The molecule has 0 spiro atoms. The summed E-state index contributed by atoms with van der Waals surface area (Å²) in [4.78, 5) is 30.0. The minimum Gasteiger partial charge on any atom is -0.497 e. The second-order valence-electron chi connectivity index (χ2n) is 7.37. The highest BCUT2D eigenvalue weighted by Gasteiger charge is 2.16. The van der Waals surface area contributed by atoms with E-state index in [1.807, 2.05) is 56.3 Å². The van der Waals surface area contributed by atoms with Crippen molar-refractivity contribution in [1.29, 1.82) is 0 Å². The molecule has 0 saturated carbocycles. The SMILES string of the molecule is COc1ccc(-c2cc3nn(CC(=O)Nc4c(C)cccc4C)c(=O)n3c(C)n2)cc1. The molecule has 8 heteroatoms. The normalized spacial score (nSPS) is 11.0. The van der Waals surface area contributed by atoms with E-state index in [4.69, 9.17) is 4.74 Å². The zero-order valence-electron chi connectivity index (χ0n) is 17.8. The summed E-state index contributed by atoms with van der Waals surface area (Å²) in [7, 11) is 1.61. The largest absolute Gasteiger partial charge is 0.497 e. The number of nitrogens with one attached hydrogen (secondary N) is 1. The van der Waals surface area contributed by atoms with E-state index in [0.717, 1.165) is 32.8 Å². The molecule has 8 nitrogen and oxygen atoms in total. The quantitative estimate of drug-likeness (QED) is 0.539. The van der Waals surface area contributed by atoms with Crippen LogP contribution in [0.5, 0.6) is 5.75 Å². The van der Waals surface area contributed by atoms with Crippen molar-refractivity contribution in [2.24, 2.45) is 0 Å². The lowest BCUT2D eigenvalue weighted by Crippen LogP contribution is -2.29. The Morgan fingerprint density at radius 1 is 1.06 bits per heavy atom. The molecule has 4 rings (SSSR count). The first-order valence-corrected chi connectivity index (χ1v) is 9.85. The topological polar surface area (TPSA) is 90.5 Å². The summed E-state index contributed by atoms with van der Waals surface area (Å²) in [5.41, 5.74) is 4.26. The van der Waals surface area contributed by atoms with Crippen LogP contribution in [0.1, 0.15) is 17.0 Å². The molecule has 158 valence electrons. The minimum absolute atomic E-state index is 0.189. The number of aromatic nitrogens is 4. The number of ether oxygens (including phenoxy) is 1. The number of hydrogen-bond acceptors (Lipinski definition) is 5. The van der Waals surface area contributed by atoms with E-state index in [0.29, 0.717) is 17.2 Å². The number of aryl methyl sites for hydroxylation is 3. The van der Waals surface area contributed by atoms with Crippen molar-refractivity contribution in [2.75, 3.05) is 12.4 Å². The Hall–Kier alpha value is -3.94. The average Bonchev–Trinajstić information content (AvgIpc) is 3.06. The van der Waals surface area contributed by atoms with Gasteiger partial charge < -0.3 is 10.1 Å². The molecule has 0 saturated heterocycles. The van der Waals surface area contributed by atoms with E-state index in [9.17, 15) is 9.59 Å². The molecule has 0 atom stereocenters. The van der Waals surface area contributed by atoms with Crippen molar-refractivity contribution in [3.8, 4) is 17.0 Å². The number of carbonyl (C=O) groups excluding carboxylic acids is 1. The van der Waals surface area contributed by atoms with Crippen molar-refractivity contribution in [3.05, 3.63) is 76.0 Å². The average molecular weight is 417 g/mol. The minimum atomic E-state index is -0.405. The summed E-state index contributed by atoms with van der Waals surface area (Å²) in [6, 6.07) is 15.0. The Morgan fingerprint density at radius 2 is 1.74 bits per heavy atom. The second kappa shape index (κ2) is 8.06. The predicted molar refractivity (Wildman–Crippen MR) is 119 cm³/mol. The fraction of sp³-hybridized carbons (Fsp3) is 0.217. The zero-order chi connectivity index (χ0) is 22.1. The number of benzene rings is 2. The third-order valence-electron chi connectivity index (χ3n) is 5.16. The molecule has 2 heterocycles. The fourth-order valence-electron chi connectivity index (χ4n) is 3.54. The molecular formula is C23H23N5O3. The van der Waals surface area contributed by atoms with Crippen LogP contribution in [0, 0.1) is 20.8 Å². The summed E-state index contributed by atoms with van der Waals surface area (Å²) in [5.74, 6) is 0.926. The summed E-state index contributed by atoms with van der Waals surface area (Å²) < 4.78 is 7.75. The molecule has 0 aliphatic carbocycles. The molecule has 2 aromatic heterocycles. The number of rotatable bonds is 5. The number of fused-ring (bicyclic) bond motifs is 1. The lowest BCUT2D eigenvalue weighted by molar-refractivity contribution is -0.117. The number of methoxy groups -OCH3 is 1. The van der Waals surface area contributed by atoms with Crippen LogP contribution in [-0.2, 0) is 11.3 Å². The summed E-state index contributed by atoms with van der Waals surface area (Å²) >= 11 is 0. The molecule has 1 amide bonds. The van der Waals surface area contributed by atoms with Gasteiger partial charge in [0.25, 0.3) is 0 Å². The van der Waals surface area contributed by atoms with E-state index < -0.39 is 5.69 Å². The maximum absolute atomic E-state index is 12.8. The van der Waals surface area contributed by atoms with Gasteiger partial charge in [-0.2, -0.15) is 0 Å².